The Morgan fingerprint density at radius 1 is 1.16 bits per heavy atom. The van der Waals surface area contributed by atoms with Gasteiger partial charge in [-0.3, -0.25) is 14.9 Å². The normalized spacial score (nSPS) is 14.4. The lowest BCUT2D eigenvalue weighted by Gasteiger charge is -2.35. The number of benzene rings is 1. The molecule has 2 heterocycles. The maximum atomic E-state index is 12.2. The van der Waals surface area contributed by atoms with Crippen molar-refractivity contribution in [2.24, 2.45) is 0 Å². The molecule has 2 aromatic rings. The van der Waals surface area contributed by atoms with Crippen LogP contribution in [0.4, 0.5) is 11.4 Å². The summed E-state index contributed by atoms with van der Waals surface area (Å²) in [6.45, 7) is 1.58. The van der Waals surface area contributed by atoms with E-state index in [9.17, 15) is 19.7 Å². The summed E-state index contributed by atoms with van der Waals surface area (Å²) in [5, 5.41) is 20.3. The number of hydrogen-bond acceptors (Lipinski definition) is 6. The molecular weight excluding hydrogens is 330 g/mol. The molecule has 0 bridgehead atoms. The number of amides is 1. The monoisotopic (exact) mass is 345 g/mol. The Labute approximate surface area is 142 Å². The van der Waals surface area contributed by atoms with Crippen LogP contribution in [0.1, 0.15) is 20.9 Å². The van der Waals surface area contributed by atoms with Gasteiger partial charge in [0.2, 0.25) is 0 Å². The van der Waals surface area contributed by atoms with E-state index in [1.54, 1.807) is 21.9 Å². The molecule has 1 N–H and O–H groups in total. The summed E-state index contributed by atoms with van der Waals surface area (Å²) in [6, 6.07) is 7.05. The largest absolute Gasteiger partial charge is 0.478 e. The number of aromatic carboxylic acids is 1. The Hall–Kier alpha value is -3.36. The number of carbonyl (C=O) groups excluding carboxylic acids is 1. The first-order valence-corrected chi connectivity index (χ1v) is 7.57. The van der Waals surface area contributed by atoms with Crippen LogP contribution in [0, 0.1) is 10.1 Å². The number of piperazine rings is 1. The van der Waals surface area contributed by atoms with E-state index in [4.69, 9.17) is 9.52 Å². The average molecular weight is 345 g/mol. The Morgan fingerprint density at radius 3 is 2.44 bits per heavy atom. The van der Waals surface area contributed by atoms with E-state index < -0.39 is 10.9 Å². The highest BCUT2D eigenvalue weighted by atomic mass is 16.6. The lowest BCUT2D eigenvalue weighted by Crippen LogP contribution is -2.48. The number of carboxylic acid groups (broad SMARTS) is 1. The van der Waals surface area contributed by atoms with E-state index in [-0.39, 0.29) is 22.9 Å². The number of nitro benzene ring substituents is 1. The molecule has 25 heavy (non-hydrogen) atoms. The summed E-state index contributed by atoms with van der Waals surface area (Å²) in [5.74, 6) is -1.19. The molecule has 1 aromatic heterocycles. The summed E-state index contributed by atoms with van der Waals surface area (Å²) >= 11 is 0. The summed E-state index contributed by atoms with van der Waals surface area (Å²) in [4.78, 5) is 37.3. The van der Waals surface area contributed by atoms with E-state index >= 15 is 0 Å². The molecule has 1 aliphatic heterocycles. The average Bonchev–Trinajstić information content (AvgIpc) is 3.15. The summed E-state index contributed by atoms with van der Waals surface area (Å²) in [5.41, 5.74) is -0.0482. The highest BCUT2D eigenvalue weighted by Gasteiger charge is 2.27. The molecule has 1 aliphatic rings. The molecule has 9 heteroatoms. The lowest BCUT2D eigenvalue weighted by molar-refractivity contribution is -0.384. The van der Waals surface area contributed by atoms with Gasteiger partial charge in [0, 0.05) is 32.2 Å². The molecular formula is C16H15N3O6. The molecule has 0 radical (unpaired) electrons. The van der Waals surface area contributed by atoms with Crippen LogP contribution in [0.25, 0.3) is 0 Å². The van der Waals surface area contributed by atoms with Crippen molar-refractivity contribution in [3.8, 4) is 0 Å². The van der Waals surface area contributed by atoms with E-state index in [0.29, 0.717) is 31.9 Å². The van der Waals surface area contributed by atoms with Crippen LogP contribution in [0.5, 0.6) is 0 Å². The first kappa shape index (κ1) is 16.5. The van der Waals surface area contributed by atoms with Crippen LogP contribution in [0.3, 0.4) is 0 Å². The predicted molar refractivity (Wildman–Crippen MR) is 86.9 cm³/mol. The van der Waals surface area contributed by atoms with Crippen molar-refractivity contribution < 1.29 is 24.0 Å². The van der Waals surface area contributed by atoms with Crippen LogP contribution >= 0.6 is 0 Å². The maximum absolute atomic E-state index is 12.2. The van der Waals surface area contributed by atoms with Gasteiger partial charge >= 0.3 is 5.97 Å². The second-order valence-corrected chi connectivity index (χ2v) is 5.52. The standard InChI is InChI=1S/C16H15N3O6/c20-15(14-2-1-9-25-14)18-7-5-17(6-8-18)12-4-3-11(16(21)22)10-13(12)19(23)24/h1-4,9-10H,5-8H2,(H,21,22). The third-order valence-corrected chi connectivity index (χ3v) is 4.06. The number of rotatable bonds is 4. The number of nitro groups is 1. The molecule has 0 aliphatic carbocycles. The molecule has 0 saturated carbocycles. The number of anilines is 1. The number of furan rings is 1. The third kappa shape index (κ3) is 3.30. The molecule has 1 aromatic carbocycles. The minimum absolute atomic E-state index is 0.137. The Morgan fingerprint density at radius 2 is 1.88 bits per heavy atom. The molecule has 0 spiro atoms. The molecule has 9 nitrogen and oxygen atoms in total. The van der Waals surface area contributed by atoms with E-state index in [1.165, 1.54) is 18.4 Å². The molecule has 130 valence electrons. The SMILES string of the molecule is O=C(O)c1ccc(N2CCN(C(=O)c3ccco3)CC2)c([N+](=O)[O-])c1. The predicted octanol–water partition coefficient (Wildman–Crippen LogP) is 1.85. The highest BCUT2D eigenvalue weighted by Crippen LogP contribution is 2.30. The van der Waals surface area contributed by atoms with Gasteiger partial charge in [0.05, 0.1) is 16.7 Å². The molecule has 0 unspecified atom stereocenters. The van der Waals surface area contributed by atoms with Crippen LogP contribution < -0.4 is 4.90 Å². The van der Waals surface area contributed by atoms with Gasteiger partial charge in [0.25, 0.3) is 11.6 Å². The first-order valence-electron chi connectivity index (χ1n) is 7.57. The fourth-order valence-corrected chi connectivity index (χ4v) is 2.78. The summed E-state index contributed by atoms with van der Waals surface area (Å²) in [6.07, 6.45) is 1.43. The number of nitrogens with zero attached hydrogens (tertiary/aromatic N) is 3. The molecule has 0 atom stereocenters. The molecule has 1 fully saturated rings. The Bertz CT molecular complexity index is 809. The lowest BCUT2D eigenvalue weighted by atomic mass is 10.1. The number of carboxylic acids is 1. The van der Waals surface area contributed by atoms with E-state index in [1.807, 2.05) is 0 Å². The molecule has 3 rings (SSSR count). The van der Waals surface area contributed by atoms with Gasteiger partial charge in [-0.2, -0.15) is 0 Å². The van der Waals surface area contributed by atoms with E-state index in [0.717, 1.165) is 6.07 Å². The summed E-state index contributed by atoms with van der Waals surface area (Å²) < 4.78 is 5.10. The highest BCUT2D eigenvalue weighted by molar-refractivity contribution is 5.92. The Kier molecular flexibility index (Phi) is 4.38. The Balaban J connectivity index is 1.75. The fraction of sp³-hybridized carbons (Fsp3) is 0.250. The fourth-order valence-electron chi connectivity index (χ4n) is 2.78. The minimum atomic E-state index is -1.22. The molecule has 1 saturated heterocycles. The zero-order valence-electron chi connectivity index (χ0n) is 13.1. The van der Waals surface area contributed by atoms with E-state index in [2.05, 4.69) is 0 Å². The van der Waals surface area contributed by atoms with Crippen LogP contribution in [-0.2, 0) is 0 Å². The minimum Gasteiger partial charge on any atom is -0.478 e. The second kappa shape index (κ2) is 6.63. The van der Waals surface area contributed by atoms with Gasteiger partial charge in [-0.15, -0.1) is 0 Å². The smallest absolute Gasteiger partial charge is 0.335 e. The van der Waals surface area contributed by atoms with Gasteiger partial charge in [0.1, 0.15) is 5.69 Å². The van der Waals surface area contributed by atoms with Crippen LogP contribution in [0.2, 0.25) is 0 Å². The van der Waals surface area contributed by atoms with Crippen molar-refractivity contribution >= 4 is 23.3 Å². The quantitative estimate of drug-likeness (QED) is 0.663. The van der Waals surface area contributed by atoms with Gasteiger partial charge in [-0.1, -0.05) is 0 Å². The van der Waals surface area contributed by atoms with Crippen molar-refractivity contribution in [3.05, 3.63) is 58.0 Å². The maximum Gasteiger partial charge on any atom is 0.335 e. The van der Waals surface area contributed by atoms with Crippen LogP contribution in [0.15, 0.2) is 41.0 Å². The van der Waals surface area contributed by atoms with Crippen molar-refractivity contribution in [2.45, 2.75) is 0 Å². The zero-order valence-corrected chi connectivity index (χ0v) is 13.1. The van der Waals surface area contributed by atoms with Crippen LogP contribution in [-0.4, -0.2) is 53.0 Å². The van der Waals surface area contributed by atoms with Gasteiger partial charge in [-0.25, -0.2) is 4.79 Å². The zero-order chi connectivity index (χ0) is 18.0. The van der Waals surface area contributed by atoms with Gasteiger partial charge in [0.15, 0.2) is 5.76 Å². The molecule has 1 amide bonds. The third-order valence-electron chi connectivity index (χ3n) is 4.06. The van der Waals surface area contributed by atoms with Crippen molar-refractivity contribution in [1.82, 2.24) is 4.90 Å². The van der Waals surface area contributed by atoms with Gasteiger partial charge in [-0.05, 0) is 24.3 Å². The summed E-state index contributed by atoms with van der Waals surface area (Å²) in [7, 11) is 0. The number of hydrogen-bond donors (Lipinski definition) is 1. The van der Waals surface area contributed by atoms with Crippen molar-refractivity contribution in [3.63, 3.8) is 0 Å². The first-order chi connectivity index (χ1) is 12.0. The van der Waals surface area contributed by atoms with Crippen molar-refractivity contribution in [1.29, 1.82) is 0 Å². The van der Waals surface area contributed by atoms with Crippen molar-refractivity contribution in [2.75, 3.05) is 31.1 Å². The number of carbonyl (C=O) groups is 2. The topological polar surface area (TPSA) is 117 Å². The second-order valence-electron chi connectivity index (χ2n) is 5.52. The van der Waals surface area contributed by atoms with Gasteiger partial charge < -0.3 is 19.3 Å².